The van der Waals surface area contributed by atoms with E-state index in [4.69, 9.17) is 19.5 Å². The lowest BCUT2D eigenvalue weighted by atomic mass is 10.2. The molecule has 0 atom stereocenters. The van der Waals surface area contributed by atoms with Gasteiger partial charge in [0.2, 0.25) is 5.88 Å². The van der Waals surface area contributed by atoms with Crippen molar-refractivity contribution in [2.45, 2.75) is 26.6 Å². The lowest BCUT2D eigenvalue weighted by molar-refractivity contribution is 0.226. The quantitative estimate of drug-likeness (QED) is 0.656. The van der Waals surface area contributed by atoms with E-state index in [1.807, 2.05) is 13.8 Å². The number of nitrogens with zero attached hydrogens (tertiary/aromatic N) is 3. The molecule has 1 heterocycles. The molecule has 6 nitrogen and oxygen atoms in total. The van der Waals surface area contributed by atoms with Gasteiger partial charge in [0, 0.05) is 12.3 Å². The fourth-order valence-corrected chi connectivity index (χ4v) is 1.87. The third-order valence-electron chi connectivity index (χ3n) is 2.52. The van der Waals surface area contributed by atoms with Crippen LogP contribution in [0.2, 0.25) is 0 Å². The first-order chi connectivity index (χ1) is 10.1. The van der Waals surface area contributed by atoms with Gasteiger partial charge in [-0.3, -0.25) is 0 Å². The summed E-state index contributed by atoms with van der Waals surface area (Å²) in [5.74, 6) is 1.44. The van der Waals surface area contributed by atoms with Crippen LogP contribution in [0.4, 0.5) is 0 Å². The molecule has 0 aliphatic heterocycles. The van der Waals surface area contributed by atoms with Crippen molar-refractivity contribution in [3.63, 3.8) is 0 Å². The molecule has 0 aliphatic rings. The molecule has 0 fully saturated rings. The molecular formula is C14H15N3O3S. The summed E-state index contributed by atoms with van der Waals surface area (Å²) in [6, 6.07) is 6.94. The minimum absolute atomic E-state index is 0.00210. The van der Waals surface area contributed by atoms with Crippen LogP contribution in [0.5, 0.6) is 17.4 Å². The largest absolute Gasteiger partial charge is 0.490 e. The highest BCUT2D eigenvalue weighted by atomic mass is 32.1. The fraction of sp³-hybridized carbons (Fsp3) is 0.286. The summed E-state index contributed by atoms with van der Waals surface area (Å²) in [5, 5.41) is 12.7. The SMILES string of the molecule is CC(C)Oc1cccc(OC#N)c1COc1ccn(S)n1. The topological polar surface area (TPSA) is 69.3 Å². The summed E-state index contributed by atoms with van der Waals surface area (Å²) < 4.78 is 17.6. The van der Waals surface area contributed by atoms with E-state index in [0.717, 1.165) is 0 Å². The van der Waals surface area contributed by atoms with Gasteiger partial charge in [0.1, 0.15) is 12.4 Å². The third kappa shape index (κ3) is 4.07. The molecule has 7 heteroatoms. The number of hydrogen-bond acceptors (Lipinski definition) is 6. The average molecular weight is 305 g/mol. The second-order valence-corrected chi connectivity index (χ2v) is 4.87. The number of ether oxygens (including phenoxy) is 3. The summed E-state index contributed by atoms with van der Waals surface area (Å²) in [6.45, 7) is 4.01. The van der Waals surface area contributed by atoms with Gasteiger partial charge in [0.05, 0.1) is 11.7 Å². The molecule has 0 N–H and O–H groups in total. The van der Waals surface area contributed by atoms with Crippen LogP contribution in [0.3, 0.4) is 0 Å². The number of hydrogen-bond donors (Lipinski definition) is 1. The Morgan fingerprint density at radius 3 is 2.71 bits per heavy atom. The van der Waals surface area contributed by atoms with E-state index < -0.39 is 0 Å². The third-order valence-corrected chi connectivity index (χ3v) is 2.75. The second kappa shape index (κ2) is 6.90. The van der Waals surface area contributed by atoms with E-state index in [9.17, 15) is 0 Å². The van der Waals surface area contributed by atoms with Crippen molar-refractivity contribution >= 4 is 12.8 Å². The predicted octanol–water partition coefficient (Wildman–Crippen LogP) is 2.80. The highest BCUT2D eigenvalue weighted by molar-refractivity contribution is 7.78. The van der Waals surface area contributed by atoms with Gasteiger partial charge >= 0.3 is 0 Å². The molecule has 110 valence electrons. The van der Waals surface area contributed by atoms with Crippen LogP contribution in [0.15, 0.2) is 30.5 Å². The zero-order chi connectivity index (χ0) is 15.2. The first-order valence-electron chi connectivity index (χ1n) is 6.32. The van der Waals surface area contributed by atoms with Crippen LogP contribution in [0.25, 0.3) is 0 Å². The van der Waals surface area contributed by atoms with Crippen molar-refractivity contribution in [1.29, 1.82) is 5.26 Å². The Balaban J connectivity index is 2.23. The summed E-state index contributed by atoms with van der Waals surface area (Å²) in [6.07, 6.45) is 3.32. The van der Waals surface area contributed by atoms with Crippen LogP contribution in [-0.2, 0) is 6.61 Å². The standard InChI is InChI=1S/C14H15N3O3S/c1-10(2)20-13-5-3-4-12(19-9-15)11(13)8-18-14-6-7-17(21)16-14/h3-7,10,21H,8H2,1-2H3. The van der Waals surface area contributed by atoms with Crippen molar-refractivity contribution < 1.29 is 14.2 Å². The Morgan fingerprint density at radius 1 is 1.33 bits per heavy atom. The van der Waals surface area contributed by atoms with Gasteiger partial charge in [-0.25, -0.2) is 4.09 Å². The monoisotopic (exact) mass is 305 g/mol. The van der Waals surface area contributed by atoms with Crippen molar-refractivity contribution in [2.24, 2.45) is 0 Å². The summed E-state index contributed by atoms with van der Waals surface area (Å²) in [4.78, 5) is 0. The van der Waals surface area contributed by atoms with Gasteiger partial charge in [0.15, 0.2) is 5.75 Å². The number of rotatable bonds is 6. The highest BCUT2D eigenvalue weighted by Gasteiger charge is 2.14. The zero-order valence-electron chi connectivity index (χ0n) is 11.7. The minimum atomic E-state index is -0.00210. The lowest BCUT2D eigenvalue weighted by Crippen LogP contribution is -2.09. The Hall–Kier alpha value is -2.33. The number of nitriles is 1. The first-order valence-corrected chi connectivity index (χ1v) is 6.72. The first kappa shape index (κ1) is 15.1. The Labute approximate surface area is 128 Å². The van der Waals surface area contributed by atoms with Crippen molar-refractivity contribution in [3.8, 4) is 23.6 Å². The van der Waals surface area contributed by atoms with Crippen LogP contribution in [-0.4, -0.2) is 15.3 Å². The van der Waals surface area contributed by atoms with Crippen molar-refractivity contribution in [1.82, 2.24) is 9.19 Å². The van der Waals surface area contributed by atoms with Gasteiger partial charge in [0.25, 0.3) is 6.26 Å². The summed E-state index contributed by atoms with van der Waals surface area (Å²) >= 11 is 4.04. The minimum Gasteiger partial charge on any atom is -0.490 e. The number of benzene rings is 1. The zero-order valence-corrected chi connectivity index (χ0v) is 12.6. The van der Waals surface area contributed by atoms with E-state index in [-0.39, 0.29) is 12.7 Å². The molecule has 0 saturated carbocycles. The molecule has 0 radical (unpaired) electrons. The van der Waals surface area contributed by atoms with Crippen LogP contribution in [0.1, 0.15) is 19.4 Å². The molecule has 1 aromatic heterocycles. The lowest BCUT2D eigenvalue weighted by Gasteiger charge is -2.16. The van der Waals surface area contributed by atoms with Gasteiger partial charge in [-0.05, 0) is 38.8 Å². The molecule has 0 unspecified atom stereocenters. The molecule has 2 aromatic rings. The van der Waals surface area contributed by atoms with E-state index >= 15 is 0 Å². The maximum absolute atomic E-state index is 8.73. The van der Waals surface area contributed by atoms with E-state index in [0.29, 0.717) is 22.9 Å². The maximum Gasteiger partial charge on any atom is 0.292 e. The molecule has 0 aliphatic carbocycles. The van der Waals surface area contributed by atoms with E-state index in [2.05, 4.69) is 17.9 Å². The van der Waals surface area contributed by atoms with Gasteiger partial charge < -0.3 is 14.2 Å². The van der Waals surface area contributed by atoms with Gasteiger partial charge in [-0.2, -0.15) is 0 Å². The van der Waals surface area contributed by atoms with Crippen LogP contribution in [0, 0.1) is 11.5 Å². The molecule has 0 spiro atoms. The fourth-order valence-electron chi connectivity index (χ4n) is 1.72. The smallest absolute Gasteiger partial charge is 0.292 e. The Bertz CT molecular complexity index is 649. The summed E-state index contributed by atoms with van der Waals surface area (Å²) in [5.41, 5.74) is 0.654. The molecule has 0 bridgehead atoms. The summed E-state index contributed by atoms with van der Waals surface area (Å²) in [7, 11) is 0. The van der Waals surface area contributed by atoms with Crippen LogP contribution >= 0.6 is 12.8 Å². The van der Waals surface area contributed by atoms with Gasteiger partial charge in [-0.1, -0.05) is 6.07 Å². The Morgan fingerprint density at radius 2 is 2.10 bits per heavy atom. The van der Waals surface area contributed by atoms with Gasteiger partial charge in [-0.15, -0.1) is 10.4 Å². The Kier molecular flexibility index (Phi) is 4.95. The molecular weight excluding hydrogens is 290 g/mol. The average Bonchev–Trinajstić information content (AvgIpc) is 2.83. The van der Waals surface area contributed by atoms with E-state index in [1.54, 1.807) is 36.7 Å². The van der Waals surface area contributed by atoms with Crippen LogP contribution < -0.4 is 14.2 Å². The van der Waals surface area contributed by atoms with E-state index in [1.165, 1.54) is 4.09 Å². The molecule has 2 rings (SSSR count). The van der Waals surface area contributed by atoms with Crippen molar-refractivity contribution in [2.75, 3.05) is 0 Å². The molecule has 21 heavy (non-hydrogen) atoms. The van der Waals surface area contributed by atoms with Crippen molar-refractivity contribution in [3.05, 3.63) is 36.0 Å². The maximum atomic E-state index is 8.73. The predicted molar refractivity (Wildman–Crippen MR) is 79.4 cm³/mol. The normalized spacial score (nSPS) is 10.2. The number of thiol groups is 1. The molecule has 0 saturated heterocycles. The molecule has 0 amide bonds. The second-order valence-electron chi connectivity index (χ2n) is 4.46. The molecule has 1 aromatic carbocycles. The number of aromatic nitrogens is 2. The highest BCUT2D eigenvalue weighted by Crippen LogP contribution is 2.30.